The van der Waals surface area contributed by atoms with Crippen LogP contribution in [0.1, 0.15) is 13.8 Å². The van der Waals surface area contributed by atoms with Crippen LogP contribution in [0.4, 0.5) is 17.6 Å². The molecular formula is C14H19N5O2. The topological polar surface area (TPSA) is 81.2 Å². The molecule has 1 aromatic heterocycles. The standard InChI is InChI=1S/C14H19N5O2/c1-9(2)21-14-18-12(15-3)17-13(19-14)16-10-5-7-11(20-4)8-6-10/h5-9H,1-4H3,(H2,15,16,17,18,19). The van der Waals surface area contributed by atoms with Crippen molar-refractivity contribution >= 4 is 17.6 Å². The third-order valence-electron chi connectivity index (χ3n) is 2.53. The van der Waals surface area contributed by atoms with Gasteiger partial charge in [-0.25, -0.2) is 0 Å². The van der Waals surface area contributed by atoms with Crippen molar-refractivity contribution < 1.29 is 9.47 Å². The Morgan fingerprint density at radius 2 is 1.67 bits per heavy atom. The van der Waals surface area contributed by atoms with E-state index in [1.54, 1.807) is 14.2 Å². The Labute approximate surface area is 123 Å². The van der Waals surface area contributed by atoms with Gasteiger partial charge in [0, 0.05) is 12.7 Å². The predicted octanol–water partition coefficient (Wildman–Crippen LogP) is 2.45. The Morgan fingerprint density at radius 1 is 1.00 bits per heavy atom. The van der Waals surface area contributed by atoms with Gasteiger partial charge in [0.2, 0.25) is 11.9 Å². The molecule has 0 amide bonds. The molecule has 7 heteroatoms. The highest BCUT2D eigenvalue weighted by atomic mass is 16.5. The molecule has 0 fully saturated rings. The Balaban J connectivity index is 2.20. The number of rotatable bonds is 6. The van der Waals surface area contributed by atoms with E-state index in [0.717, 1.165) is 11.4 Å². The van der Waals surface area contributed by atoms with Crippen molar-refractivity contribution in [2.45, 2.75) is 20.0 Å². The van der Waals surface area contributed by atoms with Crippen molar-refractivity contribution in [2.75, 3.05) is 24.8 Å². The number of methoxy groups -OCH3 is 1. The summed E-state index contributed by atoms with van der Waals surface area (Å²) < 4.78 is 10.6. The molecule has 0 saturated carbocycles. The maximum absolute atomic E-state index is 5.51. The number of hydrogen-bond acceptors (Lipinski definition) is 7. The highest BCUT2D eigenvalue weighted by Crippen LogP contribution is 2.19. The molecule has 1 aromatic carbocycles. The maximum Gasteiger partial charge on any atom is 0.323 e. The van der Waals surface area contributed by atoms with E-state index >= 15 is 0 Å². The lowest BCUT2D eigenvalue weighted by Gasteiger charge is -2.11. The SMILES string of the molecule is CNc1nc(Nc2ccc(OC)cc2)nc(OC(C)C)n1. The lowest BCUT2D eigenvalue weighted by molar-refractivity contribution is 0.222. The number of anilines is 3. The molecule has 112 valence electrons. The van der Waals surface area contributed by atoms with Gasteiger partial charge in [0.25, 0.3) is 0 Å². The fourth-order valence-electron chi connectivity index (χ4n) is 1.59. The van der Waals surface area contributed by atoms with Crippen LogP contribution in [0.5, 0.6) is 11.8 Å². The molecule has 0 saturated heterocycles. The van der Waals surface area contributed by atoms with E-state index in [-0.39, 0.29) is 12.1 Å². The largest absolute Gasteiger partial charge is 0.497 e. The fourth-order valence-corrected chi connectivity index (χ4v) is 1.59. The van der Waals surface area contributed by atoms with Gasteiger partial charge < -0.3 is 20.1 Å². The van der Waals surface area contributed by atoms with Gasteiger partial charge in [0.05, 0.1) is 13.2 Å². The smallest absolute Gasteiger partial charge is 0.323 e. The van der Waals surface area contributed by atoms with Crippen molar-refractivity contribution in [2.24, 2.45) is 0 Å². The van der Waals surface area contributed by atoms with Crippen molar-refractivity contribution in [1.82, 2.24) is 15.0 Å². The van der Waals surface area contributed by atoms with Gasteiger partial charge in [-0.1, -0.05) is 0 Å². The van der Waals surface area contributed by atoms with Gasteiger partial charge in [-0.2, -0.15) is 15.0 Å². The zero-order valence-electron chi connectivity index (χ0n) is 12.5. The number of nitrogens with zero attached hydrogens (tertiary/aromatic N) is 3. The van der Waals surface area contributed by atoms with Crippen LogP contribution in [0.2, 0.25) is 0 Å². The average molecular weight is 289 g/mol. The summed E-state index contributed by atoms with van der Waals surface area (Å²) in [5.41, 5.74) is 0.847. The second-order valence-electron chi connectivity index (χ2n) is 4.54. The Hall–Kier alpha value is -2.57. The van der Waals surface area contributed by atoms with Gasteiger partial charge in [-0.15, -0.1) is 0 Å². The van der Waals surface area contributed by atoms with E-state index in [9.17, 15) is 0 Å². The number of benzene rings is 1. The molecule has 7 nitrogen and oxygen atoms in total. The minimum atomic E-state index is -0.00839. The molecule has 0 aliphatic carbocycles. The molecule has 1 heterocycles. The van der Waals surface area contributed by atoms with Gasteiger partial charge in [-0.05, 0) is 38.1 Å². The molecule has 0 unspecified atom stereocenters. The van der Waals surface area contributed by atoms with Crippen molar-refractivity contribution in [3.8, 4) is 11.8 Å². The second kappa shape index (κ2) is 6.74. The molecular weight excluding hydrogens is 270 g/mol. The number of nitrogens with one attached hydrogen (secondary N) is 2. The first kappa shape index (κ1) is 14.8. The summed E-state index contributed by atoms with van der Waals surface area (Å²) in [5, 5.41) is 5.99. The first-order chi connectivity index (χ1) is 10.1. The van der Waals surface area contributed by atoms with E-state index in [2.05, 4.69) is 25.6 Å². The molecule has 2 rings (SSSR count). The monoisotopic (exact) mass is 289 g/mol. The van der Waals surface area contributed by atoms with Gasteiger partial charge in [0.15, 0.2) is 0 Å². The zero-order chi connectivity index (χ0) is 15.2. The Kier molecular flexibility index (Phi) is 4.76. The van der Waals surface area contributed by atoms with E-state index in [4.69, 9.17) is 9.47 Å². The Bertz CT molecular complexity index is 586. The third kappa shape index (κ3) is 4.20. The summed E-state index contributed by atoms with van der Waals surface area (Å²) in [6.45, 7) is 3.83. The predicted molar refractivity (Wildman–Crippen MR) is 81.4 cm³/mol. The number of hydrogen-bond donors (Lipinski definition) is 2. The lowest BCUT2D eigenvalue weighted by Crippen LogP contribution is -2.11. The fraction of sp³-hybridized carbons (Fsp3) is 0.357. The molecule has 21 heavy (non-hydrogen) atoms. The molecule has 2 aromatic rings. The van der Waals surface area contributed by atoms with Gasteiger partial charge in [0.1, 0.15) is 5.75 Å². The third-order valence-corrected chi connectivity index (χ3v) is 2.53. The highest BCUT2D eigenvalue weighted by Gasteiger charge is 2.08. The van der Waals surface area contributed by atoms with Crippen LogP contribution in [0, 0.1) is 0 Å². The van der Waals surface area contributed by atoms with Crippen molar-refractivity contribution in [1.29, 1.82) is 0 Å². The molecule has 0 aliphatic rings. The van der Waals surface area contributed by atoms with Crippen LogP contribution in [0.15, 0.2) is 24.3 Å². The van der Waals surface area contributed by atoms with E-state index in [1.165, 1.54) is 0 Å². The first-order valence-electron chi connectivity index (χ1n) is 6.62. The van der Waals surface area contributed by atoms with Crippen molar-refractivity contribution in [3.63, 3.8) is 0 Å². The summed E-state index contributed by atoms with van der Waals surface area (Å²) in [6, 6.07) is 7.75. The summed E-state index contributed by atoms with van der Waals surface area (Å²) in [5.74, 6) is 1.64. The van der Waals surface area contributed by atoms with Crippen LogP contribution < -0.4 is 20.1 Å². The van der Waals surface area contributed by atoms with Crippen LogP contribution in [-0.4, -0.2) is 35.2 Å². The lowest BCUT2D eigenvalue weighted by atomic mass is 10.3. The van der Waals surface area contributed by atoms with Gasteiger partial charge in [-0.3, -0.25) is 0 Å². The van der Waals surface area contributed by atoms with Crippen LogP contribution in [0.3, 0.4) is 0 Å². The van der Waals surface area contributed by atoms with Crippen LogP contribution in [0.25, 0.3) is 0 Å². The van der Waals surface area contributed by atoms with Crippen LogP contribution >= 0.6 is 0 Å². The van der Waals surface area contributed by atoms with E-state index < -0.39 is 0 Å². The number of aromatic nitrogens is 3. The van der Waals surface area contributed by atoms with Crippen molar-refractivity contribution in [3.05, 3.63) is 24.3 Å². The summed E-state index contributed by atoms with van der Waals surface area (Å²) >= 11 is 0. The van der Waals surface area contributed by atoms with E-state index in [0.29, 0.717) is 11.9 Å². The molecule has 0 bridgehead atoms. The summed E-state index contributed by atoms with van der Waals surface area (Å²) in [4.78, 5) is 12.6. The summed E-state index contributed by atoms with van der Waals surface area (Å²) in [6.07, 6.45) is -0.00839. The molecule has 0 aliphatic heterocycles. The normalized spacial score (nSPS) is 10.3. The first-order valence-corrected chi connectivity index (χ1v) is 6.62. The van der Waals surface area contributed by atoms with E-state index in [1.807, 2.05) is 38.1 Å². The Morgan fingerprint density at radius 3 is 2.24 bits per heavy atom. The minimum Gasteiger partial charge on any atom is -0.497 e. The molecule has 0 spiro atoms. The maximum atomic E-state index is 5.51. The highest BCUT2D eigenvalue weighted by molar-refractivity contribution is 5.55. The quantitative estimate of drug-likeness (QED) is 0.845. The van der Waals surface area contributed by atoms with Gasteiger partial charge >= 0.3 is 6.01 Å². The molecule has 0 atom stereocenters. The minimum absolute atomic E-state index is 0.00839. The summed E-state index contributed by atoms with van der Waals surface area (Å²) in [7, 11) is 3.37. The number of ether oxygens (including phenoxy) is 2. The second-order valence-corrected chi connectivity index (χ2v) is 4.54. The molecule has 2 N–H and O–H groups in total. The average Bonchev–Trinajstić information content (AvgIpc) is 2.47. The zero-order valence-corrected chi connectivity index (χ0v) is 12.5. The molecule has 0 radical (unpaired) electrons. The van der Waals surface area contributed by atoms with Crippen LogP contribution in [-0.2, 0) is 0 Å².